The molecule has 218 valence electrons. The molecule has 5 rings (SSSR count). The molecule has 0 aliphatic heterocycles. The maximum Gasteiger partial charge on any atom is 0.270 e. The predicted molar refractivity (Wildman–Crippen MR) is 169 cm³/mol. The van der Waals surface area contributed by atoms with Crippen LogP contribution in [0.1, 0.15) is 112 Å². The maximum absolute atomic E-state index is 5.19. The second-order valence-electron chi connectivity index (χ2n) is 12.7. The van der Waals surface area contributed by atoms with E-state index in [2.05, 4.69) is 158 Å². The number of rotatable bonds is 8. The lowest BCUT2D eigenvalue weighted by Crippen LogP contribution is -2.32. The fraction of sp³-hybridized carbons (Fsp3) is 0.378. The van der Waals surface area contributed by atoms with Crippen LogP contribution in [-0.4, -0.2) is 14.1 Å². The molecule has 0 bridgehead atoms. The molecule has 3 heterocycles. The van der Waals surface area contributed by atoms with E-state index >= 15 is 0 Å². The van der Waals surface area contributed by atoms with Crippen molar-refractivity contribution >= 4 is 0 Å². The molecule has 5 heteroatoms. The van der Waals surface area contributed by atoms with Crippen LogP contribution in [0.15, 0.2) is 67.3 Å². The Morgan fingerprint density at radius 1 is 0.571 bits per heavy atom. The summed E-state index contributed by atoms with van der Waals surface area (Å²) in [7, 11) is 0. The van der Waals surface area contributed by atoms with Crippen LogP contribution >= 0.6 is 0 Å². The van der Waals surface area contributed by atoms with Gasteiger partial charge in [0.15, 0.2) is 11.6 Å². The van der Waals surface area contributed by atoms with Crippen LogP contribution < -0.4 is 9.13 Å². The molecule has 0 saturated carbocycles. The highest BCUT2D eigenvalue weighted by atomic mass is 15.2. The van der Waals surface area contributed by atoms with E-state index in [1.807, 2.05) is 9.13 Å². The molecular formula is C37H45N5. The van der Waals surface area contributed by atoms with E-state index < -0.39 is 0 Å². The fourth-order valence-electron chi connectivity index (χ4n) is 5.92. The van der Waals surface area contributed by atoms with Gasteiger partial charge in [0.25, 0.3) is 12.7 Å². The van der Waals surface area contributed by atoms with E-state index in [4.69, 9.17) is 4.98 Å². The molecule has 3 aromatic heterocycles. The molecule has 0 saturated heterocycles. The second kappa shape index (κ2) is 11.7. The Bertz CT molecular complexity index is 1540. The fourth-order valence-corrected chi connectivity index (χ4v) is 5.92. The van der Waals surface area contributed by atoms with Crippen molar-refractivity contribution in [3.8, 4) is 23.0 Å². The Morgan fingerprint density at radius 3 is 1.21 bits per heavy atom. The van der Waals surface area contributed by atoms with Crippen LogP contribution in [0.5, 0.6) is 0 Å². The minimum absolute atomic E-state index is 0.404. The maximum atomic E-state index is 5.19. The van der Waals surface area contributed by atoms with E-state index in [0.29, 0.717) is 23.7 Å². The first kappa shape index (κ1) is 29.5. The first-order valence-corrected chi connectivity index (χ1v) is 15.3. The Labute approximate surface area is 252 Å². The highest BCUT2D eigenvalue weighted by Gasteiger charge is 2.20. The molecule has 2 aromatic carbocycles. The lowest BCUT2D eigenvalue weighted by Gasteiger charge is -2.20. The molecule has 0 radical (unpaired) electrons. The third kappa shape index (κ3) is 5.45. The Hall–Kier alpha value is -3.99. The van der Waals surface area contributed by atoms with E-state index in [-0.39, 0.29) is 0 Å². The summed E-state index contributed by atoms with van der Waals surface area (Å²) in [5.41, 5.74) is 9.93. The lowest BCUT2D eigenvalue weighted by atomic mass is 9.92. The minimum atomic E-state index is 0.404. The second-order valence-corrected chi connectivity index (χ2v) is 12.7. The summed E-state index contributed by atoms with van der Waals surface area (Å²) in [6, 6.07) is 15.5. The minimum Gasteiger partial charge on any atom is -0.298 e. The summed E-state index contributed by atoms with van der Waals surface area (Å²) in [4.78, 5) is 5.19. The van der Waals surface area contributed by atoms with E-state index in [9.17, 15) is 0 Å². The third-order valence-corrected chi connectivity index (χ3v) is 8.13. The van der Waals surface area contributed by atoms with Gasteiger partial charge in [-0.05, 0) is 70.9 Å². The molecule has 42 heavy (non-hydrogen) atoms. The normalized spacial score (nSPS) is 12.0. The SMILES string of the molecule is Cc1cc(C)c(-n2[c-][n+](-c3c(C(C)C)cccc3C(C)C)cc2)nc1-n1[c-][n+](-c2c(C(C)C)cccc2C(C)C)cc1. The van der Waals surface area contributed by atoms with Crippen molar-refractivity contribution < 1.29 is 9.13 Å². The van der Waals surface area contributed by atoms with Gasteiger partial charge in [-0.25, -0.2) is 4.98 Å². The first-order chi connectivity index (χ1) is 20.0. The van der Waals surface area contributed by atoms with Crippen LogP contribution in [0.4, 0.5) is 0 Å². The average molecular weight is 560 g/mol. The lowest BCUT2D eigenvalue weighted by molar-refractivity contribution is -0.600. The van der Waals surface area contributed by atoms with Gasteiger partial charge in [-0.15, -0.1) is 0 Å². The number of aryl methyl sites for hydroxylation is 2. The molecule has 0 aliphatic carbocycles. The molecular weight excluding hydrogens is 514 g/mol. The van der Waals surface area contributed by atoms with Crippen LogP contribution in [0.3, 0.4) is 0 Å². The number of benzene rings is 2. The highest BCUT2D eigenvalue weighted by Crippen LogP contribution is 2.29. The summed E-state index contributed by atoms with van der Waals surface area (Å²) in [5, 5.41) is 0. The van der Waals surface area contributed by atoms with Crippen LogP contribution in [0.25, 0.3) is 23.0 Å². The predicted octanol–water partition coefficient (Wildman–Crippen LogP) is 7.93. The van der Waals surface area contributed by atoms with Gasteiger partial charge in [0, 0.05) is 24.8 Å². The Morgan fingerprint density at radius 2 is 0.905 bits per heavy atom. The van der Waals surface area contributed by atoms with Gasteiger partial charge in [-0.3, -0.25) is 18.3 Å². The molecule has 0 spiro atoms. The van der Waals surface area contributed by atoms with E-state index in [0.717, 1.165) is 22.8 Å². The quantitative estimate of drug-likeness (QED) is 0.140. The van der Waals surface area contributed by atoms with Gasteiger partial charge in [0.1, 0.15) is 0 Å². The summed E-state index contributed by atoms with van der Waals surface area (Å²) >= 11 is 0. The average Bonchev–Trinajstić information content (AvgIpc) is 3.62. The first-order valence-electron chi connectivity index (χ1n) is 15.3. The molecule has 0 N–H and O–H groups in total. The molecule has 0 unspecified atom stereocenters. The van der Waals surface area contributed by atoms with E-state index in [1.54, 1.807) is 0 Å². The van der Waals surface area contributed by atoms with Gasteiger partial charge in [-0.2, -0.15) is 0 Å². The van der Waals surface area contributed by atoms with Crippen molar-refractivity contribution in [2.75, 3.05) is 0 Å². The number of imidazole rings is 2. The molecule has 0 aliphatic rings. The smallest absolute Gasteiger partial charge is 0.270 e. The van der Waals surface area contributed by atoms with Crippen molar-refractivity contribution in [2.24, 2.45) is 0 Å². The molecule has 0 fully saturated rings. The van der Waals surface area contributed by atoms with E-state index in [1.165, 1.54) is 33.6 Å². The van der Waals surface area contributed by atoms with Gasteiger partial charge < -0.3 is 0 Å². The number of para-hydroxylation sites is 2. The standard InChI is InChI=1S/C37H45N5/c1-24(2)30-13-11-14-31(25(3)4)34(30)39-17-19-41(22-39)36-28(9)21-29(10)37(38-36)42-20-18-40(23-42)35-32(26(5)6)15-12-16-33(35)27(7)8/h11-21,24-27H,1-10H3. The van der Waals surface area contributed by atoms with Crippen molar-refractivity contribution in [2.45, 2.75) is 92.9 Å². The Balaban J connectivity index is 1.59. The molecule has 5 aromatic rings. The van der Waals surface area contributed by atoms with Crippen LogP contribution in [-0.2, 0) is 0 Å². The largest absolute Gasteiger partial charge is 0.298 e. The number of aromatic nitrogens is 5. The summed E-state index contributed by atoms with van der Waals surface area (Å²) in [6.07, 6.45) is 15.5. The number of nitrogens with zero attached hydrogens (tertiary/aromatic N) is 5. The van der Waals surface area contributed by atoms with Crippen LogP contribution in [0.2, 0.25) is 0 Å². The van der Waals surface area contributed by atoms with Crippen molar-refractivity contribution in [3.05, 3.63) is 113 Å². The van der Waals surface area contributed by atoms with Crippen molar-refractivity contribution in [3.63, 3.8) is 0 Å². The van der Waals surface area contributed by atoms with Gasteiger partial charge >= 0.3 is 0 Å². The van der Waals surface area contributed by atoms with Crippen molar-refractivity contribution in [1.82, 2.24) is 14.1 Å². The topological polar surface area (TPSA) is 30.5 Å². The van der Waals surface area contributed by atoms with Gasteiger partial charge in [-0.1, -0.05) is 97.9 Å². The Kier molecular flexibility index (Phi) is 8.23. The molecule has 0 atom stereocenters. The third-order valence-electron chi connectivity index (χ3n) is 8.13. The summed E-state index contributed by atoms with van der Waals surface area (Å²) in [6.45, 7) is 22.3. The number of pyridine rings is 1. The molecule has 5 nitrogen and oxygen atoms in total. The number of hydrogen-bond donors (Lipinski definition) is 0. The highest BCUT2D eigenvalue weighted by molar-refractivity contribution is 5.47. The van der Waals surface area contributed by atoms with Gasteiger partial charge in [0.2, 0.25) is 0 Å². The zero-order chi connectivity index (χ0) is 30.3. The monoisotopic (exact) mass is 559 g/mol. The van der Waals surface area contributed by atoms with Crippen LogP contribution in [0, 0.1) is 26.5 Å². The zero-order valence-corrected chi connectivity index (χ0v) is 26.9. The van der Waals surface area contributed by atoms with Gasteiger partial charge in [0.05, 0.1) is 11.4 Å². The summed E-state index contributed by atoms with van der Waals surface area (Å²) in [5.74, 6) is 3.34. The zero-order valence-electron chi connectivity index (χ0n) is 26.9. The summed E-state index contributed by atoms with van der Waals surface area (Å²) < 4.78 is 8.30. The molecule has 0 amide bonds. The van der Waals surface area contributed by atoms with Crippen molar-refractivity contribution in [1.29, 1.82) is 0 Å². The number of hydrogen-bond acceptors (Lipinski definition) is 1.